The minimum atomic E-state index is -0.350. The molecule has 0 spiro atoms. The number of non-ortho nitro benzene ring substituents is 1. The SMILES string of the molecule is C1=CC2CC1c1ccccc12.C1=CC2OC1c1ccccc12.CC(=O)C1CC2C=CC1C2.COC(=O)C1=C(C)C2C3C=CC(C3)C12.COC(=O)C1=CC2CCC1C2.COC(=O)C1C2C=CC(C2)C1C(=O)OC.COC(=O)C1CC2C=CC1C2.COC1=CC2CCC1C2.COc1ccc(OC)c2c1C1C=CC2C1.O=C1C(=O)C2C=CC1C2.O=C1C2C=CC1CC2.O=C1CC2C=CC1C2.O=[N+]([O-])c1ccc2c(c1)C1C=CC2C1. The molecule has 2 aliphatic heterocycles. The molecule has 22 nitrogen and oxygen atoms in total. The number of allylic oxidation sites excluding steroid dienone is 24. The Morgan fingerprint density at radius 1 is 0.356 bits per heavy atom. The number of esters is 5. The van der Waals surface area contributed by atoms with E-state index in [0.717, 1.165) is 116 Å². The first-order valence-corrected chi connectivity index (χ1v) is 53.4. The lowest BCUT2D eigenvalue weighted by Gasteiger charge is -2.40. The maximum absolute atomic E-state index is 11.6. The van der Waals surface area contributed by atoms with Gasteiger partial charge in [-0.2, -0.15) is 0 Å². The lowest BCUT2D eigenvalue weighted by atomic mass is 9.63. The fourth-order valence-electron chi connectivity index (χ4n) is 29.1. The van der Waals surface area contributed by atoms with E-state index < -0.39 is 0 Å². The maximum Gasteiger partial charge on any atom is 0.334 e. The fourth-order valence-corrected chi connectivity index (χ4v) is 29.1. The van der Waals surface area contributed by atoms with Crippen LogP contribution in [0, 0.1) is 152 Å². The summed E-state index contributed by atoms with van der Waals surface area (Å²) in [7, 11) is 12.4. The number of ketones is 5. The van der Waals surface area contributed by atoms with Crippen molar-refractivity contribution in [2.24, 2.45) is 142 Å². The number of hydrogen-bond donors (Lipinski definition) is 0. The average molecular weight is 1980 g/mol. The van der Waals surface area contributed by atoms with E-state index >= 15 is 0 Å². The van der Waals surface area contributed by atoms with E-state index in [1.165, 1.54) is 145 Å². The second-order valence-electron chi connectivity index (χ2n) is 44.3. The van der Waals surface area contributed by atoms with Crippen LogP contribution in [-0.4, -0.2) is 121 Å². The molecule has 22 heteroatoms. The zero-order valence-corrected chi connectivity index (χ0v) is 85.5. The van der Waals surface area contributed by atoms with Gasteiger partial charge in [0.05, 0.1) is 85.3 Å². The molecule has 9 saturated carbocycles. The van der Waals surface area contributed by atoms with Gasteiger partial charge in [-0.25, -0.2) is 9.59 Å². The lowest BCUT2D eigenvalue weighted by Crippen LogP contribution is -2.37. The molecular weight excluding hydrogens is 1840 g/mol. The van der Waals surface area contributed by atoms with Crippen LogP contribution in [0.25, 0.3) is 0 Å². The van der Waals surface area contributed by atoms with Gasteiger partial charge < -0.3 is 42.6 Å². The third kappa shape index (κ3) is 20.7. The average Bonchev–Trinajstić information content (AvgIpc) is 1.55. The summed E-state index contributed by atoms with van der Waals surface area (Å²) in [6.45, 7) is 3.81. The maximum atomic E-state index is 11.6. The van der Waals surface area contributed by atoms with Crippen molar-refractivity contribution in [1.82, 2.24) is 0 Å². The molecule has 0 saturated heterocycles. The Hall–Kier alpha value is -12.3. The number of nitro groups is 1. The standard InChI is InChI=1S/C13H14O2.C12H14O2.C11H9NO2.C11H14O4.C11H10.C10H8O.2C9H12O2.C9H12O.C8H12O.C7H6O2.2C7H8O/c1-14-10-5-6-11(15-2)13-9-4-3-8(7-9)12(10)13;1-6-9-7-3-4-8(5-7)11(9)10(6)12(13)14-2;13-12(14)9-3-4-10-7-1-2-8(5-7)11(10)6-9;1-14-10(12)8-6-3-4-7(5-6)9(8)11(13)15-2;1-2-4-11-9-6-5-8(7-9)10(11)3-1;1-2-4-8-7(3-1)9-5-6-10(8)11-9;2*1-11-9(10)8-5-6-2-3-7(8)4-6;1-6(10)9-5-7-2-3-8(9)4-7;1-9-8-5-6-2-3-7(8)4-6;8-6-4-1-2-5(3-4)7(6)9;8-7-4-5-1-2-6(7)3-5;8-7-5-1-2-6(7)4-3-5/h3-6,8-9H,7H2,1-2H3;3-4,7-9,11H,5H2,1-2H3;1-4,6-8H,5H2;3-4,6-9H,5H2,1-2H3;1-6,8-9H,7H2;1-6,9-10H;5-7H,2-4H2,1H3;2-3,6-8H,4-5H2,1H3;2-3,7-9H,4-5H2,1H3;5-7H,2-4H2,1H3;1-2,4-5H,3H2;2*1-2,5-6H,3-4H2. The number of fused-ring (bicyclic) bond motifs is 41. The zero-order valence-electron chi connectivity index (χ0n) is 85.5. The molecule has 25 aliphatic carbocycles. The lowest BCUT2D eigenvalue weighted by molar-refractivity contribution is -0.384. The summed E-state index contributed by atoms with van der Waals surface area (Å²) in [5, 5.41) is 10.6. The van der Waals surface area contributed by atoms with Crippen LogP contribution in [0.4, 0.5) is 5.69 Å². The number of carbonyl (C=O) groups is 10. The number of ether oxygens (including phenoxy) is 9. The van der Waals surface area contributed by atoms with Crippen LogP contribution in [0.5, 0.6) is 11.5 Å². The van der Waals surface area contributed by atoms with Crippen molar-refractivity contribution in [2.45, 2.75) is 190 Å². The summed E-state index contributed by atoms with van der Waals surface area (Å²) in [6, 6.07) is 26.5. The molecule has 31 rings (SSSR count). The molecule has 4 aromatic rings. The molecular formula is C124H139NO21. The molecule has 4 aromatic carbocycles. The van der Waals surface area contributed by atoms with E-state index in [1.807, 2.05) is 42.5 Å². The van der Waals surface area contributed by atoms with Gasteiger partial charge >= 0.3 is 29.8 Å². The Morgan fingerprint density at radius 2 is 0.801 bits per heavy atom. The molecule has 0 radical (unpaired) electrons. The molecule has 766 valence electrons. The van der Waals surface area contributed by atoms with Crippen LogP contribution >= 0.6 is 0 Å². The molecule has 0 N–H and O–H groups in total. The molecule has 0 amide bonds. The molecule has 2 heterocycles. The molecule has 9 fully saturated rings. The van der Waals surface area contributed by atoms with E-state index in [4.69, 9.17) is 37.9 Å². The fraction of sp³-hybridized carbons (Fsp3) is 0.500. The van der Waals surface area contributed by atoms with Crippen molar-refractivity contribution >= 4 is 64.5 Å². The van der Waals surface area contributed by atoms with Gasteiger partial charge in [-0.1, -0.05) is 200 Å². The first-order valence-electron chi connectivity index (χ1n) is 53.4. The van der Waals surface area contributed by atoms with E-state index in [1.54, 1.807) is 51.5 Å². The molecule has 27 aliphatic rings. The van der Waals surface area contributed by atoms with E-state index in [-0.39, 0.29) is 106 Å². The summed E-state index contributed by atoms with van der Waals surface area (Å²) >= 11 is 0. The number of carbonyl (C=O) groups excluding carboxylic acids is 10. The summed E-state index contributed by atoms with van der Waals surface area (Å²) in [4.78, 5) is 121. The van der Waals surface area contributed by atoms with Gasteiger partial charge in [-0.15, -0.1) is 0 Å². The predicted molar refractivity (Wildman–Crippen MR) is 552 cm³/mol. The molecule has 0 aromatic heterocycles. The van der Waals surface area contributed by atoms with Crippen molar-refractivity contribution in [1.29, 1.82) is 0 Å². The highest BCUT2D eigenvalue weighted by Crippen LogP contribution is 2.62. The van der Waals surface area contributed by atoms with Crippen LogP contribution in [-0.2, 0) is 81.1 Å². The Morgan fingerprint density at radius 3 is 1.18 bits per heavy atom. The normalized spacial score (nSPS) is 35.5. The number of nitro benzene ring substituents is 1. The summed E-state index contributed by atoms with van der Waals surface area (Å²) in [5.41, 5.74) is 14.3. The van der Waals surface area contributed by atoms with Gasteiger partial charge in [-0.3, -0.25) is 48.5 Å². The van der Waals surface area contributed by atoms with Gasteiger partial charge in [-0.05, 0) is 264 Å². The second kappa shape index (κ2) is 44.4. The number of nitrogens with zero attached hydrogens (tertiary/aromatic N) is 1. The first-order chi connectivity index (χ1) is 70.7. The van der Waals surface area contributed by atoms with Crippen molar-refractivity contribution in [3.63, 3.8) is 0 Å². The predicted octanol–water partition coefficient (Wildman–Crippen LogP) is 22.7. The number of rotatable bonds is 10. The van der Waals surface area contributed by atoms with E-state index in [0.29, 0.717) is 124 Å². The van der Waals surface area contributed by atoms with Gasteiger partial charge in [0.1, 0.15) is 41.1 Å². The number of Topliss-reactive ketones (excluding diaryl/α,β-unsaturated/α-hetero) is 5. The summed E-state index contributed by atoms with van der Waals surface area (Å²) < 4.78 is 45.4. The van der Waals surface area contributed by atoms with Gasteiger partial charge in [0.15, 0.2) is 0 Å². The van der Waals surface area contributed by atoms with Crippen LogP contribution in [0.2, 0.25) is 0 Å². The number of hydrogen-bond acceptors (Lipinski definition) is 21. The Kier molecular flexibility index (Phi) is 31.1. The number of benzene rings is 4. The minimum absolute atomic E-state index is 0.0261. The van der Waals surface area contributed by atoms with Crippen molar-refractivity contribution in [3.05, 3.63) is 302 Å². The van der Waals surface area contributed by atoms with Crippen LogP contribution in [0.15, 0.2) is 247 Å². The minimum Gasteiger partial charge on any atom is -0.501 e. The van der Waals surface area contributed by atoms with Crippen LogP contribution in [0.1, 0.15) is 234 Å². The molecule has 26 bridgehead atoms. The van der Waals surface area contributed by atoms with Gasteiger partial charge in [0, 0.05) is 124 Å². The van der Waals surface area contributed by atoms with Gasteiger partial charge in [0.25, 0.3) is 5.69 Å². The quantitative estimate of drug-likeness (QED) is 0.0356. The molecule has 32 unspecified atom stereocenters. The molecule has 32 atom stereocenters. The largest absolute Gasteiger partial charge is 0.501 e. The topological polar surface area (TPSA) is 297 Å². The van der Waals surface area contributed by atoms with E-state index in [9.17, 15) is 58.1 Å². The van der Waals surface area contributed by atoms with Gasteiger partial charge in [0.2, 0.25) is 11.6 Å². The first kappa shape index (κ1) is 102. The van der Waals surface area contributed by atoms with Crippen LogP contribution in [0.3, 0.4) is 0 Å². The van der Waals surface area contributed by atoms with Crippen LogP contribution < -0.4 is 9.47 Å². The smallest absolute Gasteiger partial charge is 0.334 e. The highest BCUT2D eigenvalue weighted by atomic mass is 16.6. The second-order valence-corrected chi connectivity index (χ2v) is 44.3. The Labute approximate surface area is 857 Å². The Bertz CT molecular complexity index is 5970. The number of methoxy groups -OCH3 is 8. The third-order valence-corrected chi connectivity index (χ3v) is 36.4. The van der Waals surface area contributed by atoms with Crippen molar-refractivity contribution in [3.8, 4) is 11.5 Å². The Balaban J connectivity index is 0.000000100. The summed E-state index contributed by atoms with van der Waals surface area (Å²) in [6.07, 6.45) is 75.2. The highest BCUT2D eigenvalue weighted by molar-refractivity contribution is 6.42. The highest BCUT2D eigenvalue weighted by Gasteiger charge is 2.57. The monoisotopic (exact) mass is 1980 g/mol. The zero-order chi connectivity index (χ0) is 102. The van der Waals surface area contributed by atoms with Crippen molar-refractivity contribution < 1.29 is 95.5 Å². The third-order valence-electron chi connectivity index (χ3n) is 36.4. The van der Waals surface area contributed by atoms with Crippen molar-refractivity contribution in [2.75, 3.05) is 56.9 Å². The summed E-state index contributed by atoms with van der Waals surface area (Å²) in [5.74, 6) is 16.2. The van der Waals surface area contributed by atoms with E-state index in [2.05, 4.69) is 182 Å². The molecule has 146 heavy (non-hydrogen) atoms.